The second-order valence-electron chi connectivity index (χ2n) is 4.85. The molecule has 0 unspecified atom stereocenters. The number of carbonyl (C=O) groups is 1. The van der Waals surface area contributed by atoms with Gasteiger partial charge in [0.05, 0.1) is 11.5 Å². The molecule has 0 spiro atoms. The Morgan fingerprint density at radius 2 is 1.90 bits per heavy atom. The zero-order chi connectivity index (χ0) is 15.1. The zero-order valence-electron chi connectivity index (χ0n) is 11.7. The van der Waals surface area contributed by atoms with Crippen molar-refractivity contribution in [1.29, 1.82) is 0 Å². The van der Waals surface area contributed by atoms with Gasteiger partial charge in [-0.2, -0.15) is 0 Å². The van der Waals surface area contributed by atoms with Gasteiger partial charge in [-0.1, -0.05) is 0 Å². The first-order chi connectivity index (χ1) is 10.1. The number of ether oxygens (including phenoxy) is 2. The maximum Gasteiger partial charge on any atom is 0.513 e. The lowest BCUT2D eigenvalue weighted by molar-refractivity contribution is -0.384. The average Bonchev–Trinajstić information content (AvgIpc) is 2.97. The van der Waals surface area contributed by atoms with E-state index in [0.29, 0.717) is 6.61 Å². The Bertz CT molecular complexity index is 483. The first kappa shape index (κ1) is 15.2. The van der Waals surface area contributed by atoms with Gasteiger partial charge in [-0.3, -0.25) is 10.1 Å². The minimum Gasteiger partial charge on any atom is -0.434 e. The molecule has 0 saturated carbocycles. The number of rotatable bonds is 6. The Morgan fingerprint density at radius 1 is 1.24 bits per heavy atom. The van der Waals surface area contributed by atoms with Crippen LogP contribution in [0, 0.1) is 10.1 Å². The first-order valence-electron chi connectivity index (χ1n) is 6.96. The van der Waals surface area contributed by atoms with Gasteiger partial charge in [-0.15, -0.1) is 0 Å². The van der Waals surface area contributed by atoms with Crippen LogP contribution >= 0.6 is 0 Å². The number of hydrogen-bond donors (Lipinski definition) is 0. The van der Waals surface area contributed by atoms with E-state index >= 15 is 0 Å². The van der Waals surface area contributed by atoms with E-state index < -0.39 is 11.1 Å². The summed E-state index contributed by atoms with van der Waals surface area (Å²) in [6, 6.07) is 5.28. The van der Waals surface area contributed by atoms with Gasteiger partial charge in [0.1, 0.15) is 5.75 Å². The third-order valence-corrected chi connectivity index (χ3v) is 3.29. The number of carbonyl (C=O) groups excluding carboxylic acids is 1. The van der Waals surface area contributed by atoms with Crippen LogP contribution in [0.5, 0.6) is 5.75 Å². The smallest absolute Gasteiger partial charge is 0.434 e. The van der Waals surface area contributed by atoms with Crippen molar-refractivity contribution in [3.63, 3.8) is 0 Å². The van der Waals surface area contributed by atoms with Crippen molar-refractivity contribution < 1.29 is 19.2 Å². The molecule has 0 N–H and O–H groups in total. The molecular weight excluding hydrogens is 276 g/mol. The van der Waals surface area contributed by atoms with Crippen molar-refractivity contribution in [1.82, 2.24) is 4.90 Å². The molecule has 1 aliphatic heterocycles. The number of non-ortho nitro benzene ring substituents is 1. The summed E-state index contributed by atoms with van der Waals surface area (Å²) in [6.07, 6.45) is 2.46. The molecular formula is C14H18N2O5. The molecule has 1 aliphatic rings. The summed E-state index contributed by atoms with van der Waals surface area (Å²) in [5, 5.41) is 10.5. The molecule has 0 radical (unpaired) electrons. The first-order valence-corrected chi connectivity index (χ1v) is 6.96. The lowest BCUT2D eigenvalue weighted by Gasteiger charge is -2.13. The van der Waals surface area contributed by atoms with Crippen LogP contribution in [-0.2, 0) is 4.74 Å². The minimum absolute atomic E-state index is 0.0543. The summed E-state index contributed by atoms with van der Waals surface area (Å²) < 4.78 is 9.89. The van der Waals surface area contributed by atoms with E-state index in [1.165, 1.54) is 37.1 Å². The number of likely N-dealkylation sites (tertiary alicyclic amines) is 1. The van der Waals surface area contributed by atoms with Gasteiger partial charge in [0.2, 0.25) is 0 Å². The minimum atomic E-state index is -0.787. The molecule has 1 saturated heterocycles. The van der Waals surface area contributed by atoms with Crippen LogP contribution in [0.4, 0.5) is 10.5 Å². The topological polar surface area (TPSA) is 81.9 Å². The van der Waals surface area contributed by atoms with Crippen LogP contribution < -0.4 is 4.74 Å². The van der Waals surface area contributed by atoms with Crippen LogP contribution in [0.1, 0.15) is 19.3 Å². The van der Waals surface area contributed by atoms with Gasteiger partial charge in [0.25, 0.3) is 5.69 Å². The summed E-state index contributed by atoms with van der Waals surface area (Å²) in [4.78, 5) is 23.7. The summed E-state index contributed by atoms with van der Waals surface area (Å²) in [6.45, 7) is 3.47. The fourth-order valence-electron chi connectivity index (χ4n) is 2.21. The van der Waals surface area contributed by atoms with Crippen molar-refractivity contribution in [2.45, 2.75) is 19.3 Å². The highest BCUT2D eigenvalue weighted by Crippen LogP contribution is 2.17. The Hall–Kier alpha value is -2.15. The van der Waals surface area contributed by atoms with Gasteiger partial charge in [0, 0.05) is 18.7 Å². The number of hydrogen-bond acceptors (Lipinski definition) is 6. The number of nitrogens with zero attached hydrogens (tertiary/aromatic N) is 2. The van der Waals surface area contributed by atoms with Gasteiger partial charge in [-0.25, -0.2) is 4.79 Å². The molecule has 0 bridgehead atoms. The summed E-state index contributed by atoms with van der Waals surface area (Å²) >= 11 is 0. The molecule has 0 atom stereocenters. The van der Waals surface area contributed by atoms with Gasteiger partial charge in [-0.05, 0) is 44.5 Å². The SMILES string of the molecule is O=C(OCCCN1CCCC1)Oc1ccc([N+](=O)[O-])cc1. The van der Waals surface area contributed by atoms with Gasteiger partial charge in [0.15, 0.2) is 0 Å². The van der Waals surface area contributed by atoms with E-state index in [9.17, 15) is 14.9 Å². The summed E-state index contributed by atoms with van der Waals surface area (Å²) in [5.41, 5.74) is -0.0543. The molecule has 114 valence electrons. The lowest BCUT2D eigenvalue weighted by Crippen LogP contribution is -2.22. The maximum atomic E-state index is 11.4. The normalized spacial score (nSPS) is 14.9. The highest BCUT2D eigenvalue weighted by molar-refractivity contribution is 5.63. The second-order valence-corrected chi connectivity index (χ2v) is 4.85. The quantitative estimate of drug-likeness (QED) is 0.264. The Labute approximate surface area is 122 Å². The number of nitro benzene ring substituents is 1. The molecule has 0 amide bonds. The average molecular weight is 294 g/mol. The molecule has 0 aliphatic carbocycles. The fourth-order valence-corrected chi connectivity index (χ4v) is 2.21. The van der Waals surface area contributed by atoms with Crippen molar-refractivity contribution >= 4 is 11.8 Å². The largest absolute Gasteiger partial charge is 0.513 e. The molecule has 1 fully saturated rings. The van der Waals surface area contributed by atoms with Crippen LogP contribution in [0.3, 0.4) is 0 Å². The lowest BCUT2D eigenvalue weighted by atomic mass is 10.3. The molecule has 21 heavy (non-hydrogen) atoms. The Morgan fingerprint density at radius 3 is 2.52 bits per heavy atom. The summed E-state index contributed by atoms with van der Waals surface area (Å²) in [5.74, 6) is 0.227. The van der Waals surface area contributed by atoms with Crippen LogP contribution in [0.15, 0.2) is 24.3 Å². The van der Waals surface area contributed by atoms with Crippen LogP contribution in [0.2, 0.25) is 0 Å². The molecule has 1 heterocycles. The predicted octanol–water partition coefficient (Wildman–Crippen LogP) is 2.60. The highest BCUT2D eigenvalue weighted by atomic mass is 16.7. The van der Waals surface area contributed by atoms with Crippen LogP contribution in [0.25, 0.3) is 0 Å². The van der Waals surface area contributed by atoms with E-state index in [-0.39, 0.29) is 11.4 Å². The Kier molecular flexibility index (Phi) is 5.51. The number of benzene rings is 1. The standard InChI is InChI=1S/C14H18N2O5/c17-14(20-11-3-10-15-8-1-2-9-15)21-13-6-4-12(5-7-13)16(18)19/h4-7H,1-3,8-11H2. The highest BCUT2D eigenvalue weighted by Gasteiger charge is 2.12. The molecule has 1 aromatic carbocycles. The van der Waals surface area contributed by atoms with E-state index in [1.807, 2.05) is 0 Å². The fraction of sp³-hybridized carbons (Fsp3) is 0.500. The van der Waals surface area contributed by atoms with Crippen molar-refractivity contribution in [2.24, 2.45) is 0 Å². The number of nitro groups is 1. The van der Waals surface area contributed by atoms with E-state index in [1.54, 1.807) is 0 Å². The molecule has 2 rings (SSSR count). The predicted molar refractivity (Wildman–Crippen MR) is 75.4 cm³/mol. The zero-order valence-corrected chi connectivity index (χ0v) is 11.7. The van der Waals surface area contributed by atoms with Crippen LogP contribution in [-0.4, -0.2) is 42.2 Å². The van der Waals surface area contributed by atoms with Gasteiger partial charge >= 0.3 is 6.16 Å². The molecule has 7 heteroatoms. The monoisotopic (exact) mass is 294 g/mol. The van der Waals surface area contributed by atoms with E-state index in [4.69, 9.17) is 9.47 Å². The molecule has 0 aromatic heterocycles. The third-order valence-electron chi connectivity index (χ3n) is 3.29. The maximum absolute atomic E-state index is 11.4. The van der Waals surface area contributed by atoms with Crippen molar-refractivity contribution in [3.8, 4) is 5.75 Å². The van der Waals surface area contributed by atoms with Gasteiger partial charge < -0.3 is 14.4 Å². The van der Waals surface area contributed by atoms with E-state index in [2.05, 4.69) is 4.90 Å². The van der Waals surface area contributed by atoms with Crippen molar-refractivity contribution in [2.75, 3.05) is 26.2 Å². The van der Waals surface area contributed by atoms with E-state index in [0.717, 1.165) is 26.1 Å². The summed E-state index contributed by atoms with van der Waals surface area (Å²) in [7, 11) is 0. The van der Waals surface area contributed by atoms with Crippen molar-refractivity contribution in [3.05, 3.63) is 34.4 Å². The third kappa shape index (κ3) is 5.03. The Balaban J connectivity index is 1.65. The molecule has 1 aromatic rings. The second kappa shape index (κ2) is 7.58. The molecule has 7 nitrogen and oxygen atoms in total.